The van der Waals surface area contributed by atoms with Crippen LogP contribution in [0.1, 0.15) is 24.4 Å². The van der Waals surface area contributed by atoms with E-state index in [-0.39, 0.29) is 12.4 Å². The molecule has 0 aliphatic heterocycles. The van der Waals surface area contributed by atoms with E-state index in [1.165, 1.54) is 30.5 Å². The topological polar surface area (TPSA) is 52.0 Å². The van der Waals surface area contributed by atoms with E-state index >= 15 is 0 Å². The molecule has 5 nitrogen and oxygen atoms in total. The molecule has 1 aliphatic carbocycles. The zero-order valence-corrected chi connectivity index (χ0v) is 19.5. The van der Waals surface area contributed by atoms with Gasteiger partial charge in [0.1, 0.15) is 30.3 Å². The first-order chi connectivity index (χ1) is 17.1. The monoisotopic (exact) mass is 484 g/mol. The fourth-order valence-electron chi connectivity index (χ4n) is 4.14. The normalized spacial score (nSPS) is 13.2. The van der Waals surface area contributed by atoms with E-state index in [1.54, 1.807) is 24.5 Å². The van der Waals surface area contributed by atoms with Gasteiger partial charge in [0.05, 0.1) is 10.5 Å². The number of fused-ring (bicyclic) bond motifs is 1. The highest BCUT2D eigenvalue weighted by Crippen LogP contribution is 2.37. The van der Waals surface area contributed by atoms with Crippen molar-refractivity contribution in [1.29, 1.82) is 0 Å². The highest BCUT2D eigenvalue weighted by atomic mass is 35.5. The Labute approximate surface area is 207 Å². The van der Waals surface area contributed by atoms with Crippen LogP contribution in [0.25, 0.3) is 22.0 Å². The first-order valence-electron chi connectivity index (χ1n) is 11.5. The number of anilines is 2. The minimum absolute atomic E-state index is 0.228. The third-order valence-electron chi connectivity index (χ3n) is 6.13. The van der Waals surface area contributed by atoms with Crippen LogP contribution in [0, 0.1) is 5.82 Å². The van der Waals surface area contributed by atoms with Crippen LogP contribution in [-0.4, -0.2) is 14.5 Å². The predicted molar refractivity (Wildman–Crippen MR) is 137 cm³/mol. The smallest absolute Gasteiger partial charge is 0.141 e. The molecule has 5 aromatic rings. The number of nitrogens with one attached hydrogen (secondary N) is 1. The molecule has 0 radical (unpaired) electrons. The van der Waals surface area contributed by atoms with Gasteiger partial charge >= 0.3 is 0 Å². The minimum Gasteiger partial charge on any atom is -0.487 e. The van der Waals surface area contributed by atoms with Crippen LogP contribution in [0.2, 0.25) is 5.02 Å². The summed E-state index contributed by atoms with van der Waals surface area (Å²) in [5.41, 5.74) is 4.66. The van der Waals surface area contributed by atoms with Crippen molar-refractivity contribution in [1.82, 2.24) is 14.5 Å². The van der Waals surface area contributed by atoms with Gasteiger partial charge in [-0.2, -0.15) is 0 Å². The number of rotatable bonds is 7. The molecule has 0 unspecified atom stereocenters. The van der Waals surface area contributed by atoms with Gasteiger partial charge in [0.2, 0.25) is 0 Å². The Morgan fingerprint density at radius 3 is 2.74 bits per heavy atom. The molecule has 2 aromatic heterocycles. The lowest BCUT2D eigenvalue weighted by Crippen LogP contribution is -1.99. The van der Waals surface area contributed by atoms with Gasteiger partial charge in [-0.05, 0) is 78.1 Å². The molecule has 1 fully saturated rings. The molecule has 3 aromatic carbocycles. The average Bonchev–Trinajstić information content (AvgIpc) is 3.60. The SMILES string of the molecule is Fc1cccc(COc2ccc(Nc3ncnc4ccc(-c5ccn(C6CC6)c5)cc34)cc2Cl)c1. The summed E-state index contributed by atoms with van der Waals surface area (Å²) in [5.74, 6) is 0.928. The Hall–Kier alpha value is -3.90. The lowest BCUT2D eigenvalue weighted by atomic mass is 10.1. The van der Waals surface area contributed by atoms with Crippen LogP contribution in [0.3, 0.4) is 0 Å². The molecule has 35 heavy (non-hydrogen) atoms. The van der Waals surface area contributed by atoms with E-state index in [0.717, 1.165) is 27.7 Å². The van der Waals surface area contributed by atoms with Gasteiger partial charge in [-0.25, -0.2) is 14.4 Å². The molecule has 6 rings (SSSR count). The van der Waals surface area contributed by atoms with Gasteiger partial charge in [0.15, 0.2) is 0 Å². The first-order valence-corrected chi connectivity index (χ1v) is 11.9. The van der Waals surface area contributed by atoms with Crippen molar-refractivity contribution in [3.05, 3.63) is 102 Å². The molecule has 0 spiro atoms. The quantitative estimate of drug-likeness (QED) is 0.259. The maximum atomic E-state index is 13.4. The Morgan fingerprint density at radius 2 is 1.91 bits per heavy atom. The number of nitrogens with zero attached hydrogens (tertiary/aromatic N) is 3. The third-order valence-corrected chi connectivity index (χ3v) is 6.42. The molecule has 7 heteroatoms. The summed E-state index contributed by atoms with van der Waals surface area (Å²) >= 11 is 6.48. The maximum absolute atomic E-state index is 13.4. The third kappa shape index (κ3) is 4.70. The summed E-state index contributed by atoms with van der Waals surface area (Å²) in [6.07, 6.45) is 8.41. The molecule has 1 N–H and O–H groups in total. The van der Waals surface area contributed by atoms with E-state index in [4.69, 9.17) is 16.3 Å². The van der Waals surface area contributed by atoms with Crippen molar-refractivity contribution in [2.45, 2.75) is 25.5 Å². The maximum Gasteiger partial charge on any atom is 0.141 e. The largest absolute Gasteiger partial charge is 0.487 e. The van der Waals surface area contributed by atoms with Crippen molar-refractivity contribution >= 4 is 34.0 Å². The fraction of sp³-hybridized carbons (Fsp3) is 0.143. The standard InChI is InChI=1S/C28H22ClFN4O/c29-25-14-22(5-9-27(25)35-16-18-2-1-3-21(30)12-18)33-28-24-13-19(4-8-26(24)31-17-32-28)20-10-11-34(15-20)23-6-7-23/h1-5,8-15,17,23H,6-7,16H2,(H,31,32,33). The molecular weight excluding hydrogens is 463 g/mol. The van der Waals surface area contributed by atoms with Crippen LogP contribution in [-0.2, 0) is 6.61 Å². The number of hydrogen-bond donors (Lipinski definition) is 1. The van der Waals surface area contributed by atoms with Gasteiger partial charge in [-0.1, -0.05) is 29.8 Å². The van der Waals surface area contributed by atoms with E-state index in [1.807, 2.05) is 18.2 Å². The van der Waals surface area contributed by atoms with Crippen LogP contribution in [0.15, 0.2) is 85.5 Å². The Bertz CT molecular complexity index is 1530. The summed E-state index contributed by atoms with van der Waals surface area (Å²) in [5, 5.41) is 4.74. The molecule has 1 aliphatic rings. The number of ether oxygens (including phenoxy) is 1. The van der Waals surface area contributed by atoms with Crippen molar-refractivity contribution in [3.8, 4) is 16.9 Å². The van der Waals surface area contributed by atoms with Gasteiger partial charge in [0, 0.05) is 29.5 Å². The molecule has 0 saturated heterocycles. The summed E-state index contributed by atoms with van der Waals surface area (Å²) < 4.78 is 21.5. The van der Waals surface area contributed by atoms with E-state index in [9.17, 15) is 4.39 Å². The molecular formula is C28H22ClFN4O. The second kappa shape index (κ2) is 9.04. The fourth-order valence-corrected chi connectivity index (χ4v) is 4.37. The summed E-state index contributed by atoms with van der Waals surface area (Å²) in [6, 6.07) is 20.8. The van der Waals surface area contributed by atoms with Crippen LogP contribution >= 0.6 is 11.6 Å². The van der Waals surface area contributed by atoms with Gasteiger partial charge in [-0.3, -0.25) is 0 Å². The molecule has 174 valence electrons. The Balaban J connectivity index is 1.23. The summed E-state index contributed by atoms with van der Waals surface area (Å²) in [6.45, 7) is 0.228. The average molecular weight is 485 g/mol. The van der Waals surface area contributed by atoms with Crippen molar-refractivity contribution in [2.24, 2.45) is 0 Å². The lowest BCUT2D eigenvalue weighted by molar-refractivity contribution is 0.306. The van der Waals surface area contributed by atoms with Gasteiger partial charge in [-0.15, -0.1) is 0 Å². The van der Waals surface area contributed by atoms with Crippen molar-refractivity contribution < 1.29 is 9.13 Å². The minimum atomic E-state index is -0.294. The van der Waals surface area contributed by atoms with Crippen LogP contribution in [0.4, 0.5) is 15.9 Å². The predicted octanol–water partition coefficient (Wildman–Crippen LogP) is 7.55. The second-order valence-electron chi connectivity index (χ2n) is 8.72. The molecule has 2 heterocycles. The van der Waals surface area contributed by atoms with E-state index < -0.39 is 0 Å². The number of hydrogen-bond acceptors (Lipinski definition) is 4. The highest BCUT2D eigenvalue weighted by Gasteiger charge is 2.23. The van der Waals surface area contributed by atoms with E-state index in [0.29, 0.717) is 22.6 Å². The number of benzene rings is 3. The summed E-state index contributed by atoms with van der Waals surface area (Å²) in [4.78, 5) is 8.90. The lowest BCUT2D eigenvalue weighted by Gasteiger charge is -2.12. The van der Waals surface area contributed by atoms with Crippen LogP contribution in [0.5, 0.6) is 5.75 Å². The zero-order chi connectivity index (χ0) is 23.8. The second-order valence-corrected chi connectivity index (χ2v) is 9.13. The highest BCUT2D eigenvalue weighted by molar-refractivity contribution is 6.32. The van der Waals surface area contributed by atoms with Gasteiger partial charge in [0.25, 0.3) is 0 Å². The van der Waals surface area contributed by atoms with Crippen molar-refractivity contribution in [3.63, 3.8) is 0 Å². The summed E-state index contributed by atoms with van der Waals surface area (Å²) in [7, 11) is 0. The molecule has 0 atom stereocenters. The van der Waals surface area contributed by atoms with Crippen molar-refractivity contribution in [2.75, 3.05) is 5.32 Å². The Kier molecular flexibility index (Phi) is 5.58. The first kappa shape index (κ1) is 21.6. The molecule has 1 saturated carbocycles. The number of aromatic nitrogens is 3. The van der Waals surface area contributed by atoms with Gasteiger partial charge < -0.3 is 14.6 Å². The molecule has 0 bridgehead atoms. The van der Waals surface area contributed by atoms with Crippen LogP contribution < -0.4 is 10.1 Å². The zero-order valence-electron chi connectivity index (χ0n) is 18.8. The Morgan fingerprint density at radius 1 is 1.00 bits per heavy atom. The number of halogens is 2. The molecule has 0 amide bonds. The van der Waals surface area contributed by atoms with E-state index in [2.05, 4.69) is 50.4 Å².